The Morgan fingerprint density at radius 1 is 1.35 bits per heavy atom. The zero-order valence-electron chi connectivity index (χ0n) is 11.6. The predicted molar refractivity (Wildman–Crippen MR) is 82.2 cm³/mol. The summed E-state index contributed by atoms with van der Waals surface area (Å²) >= 11 is 5.81. The van der Waals surface area contributed by atoms with Gasteiger partial charge in [-0.2, -0.15) is 0 Å². The lowest BCUT2D eigenvalue weighted by atomic mass is 9.81. The van der Waals surface area contributed by atoms with Gasteiger partial charge in [0.25, 0.3) is 0 Å². The second-order valence-corrected chi connectivity index (χ2v) is 7.73. The smallest absolute Gasteiger partial charge is 0.240 e. The van der Waals surface area contributed by atoms with Crippen LogP contribution in [0.15, 0.2) is 23.1 Å². The molecule has 1 aromatic carbocycles. The van der Waals surface area contributed by atoms with E-state index >= 15 is 0 Å². The molecule has 0 spiro atoms. The van der Waals surface area contributed by atoms with Gasteiger partial charge in [-0.15, -0.1) is 0 Å². The maximum atomic E-state index is 12.2. The second kappa shape index (κ2) is 6.33. The monoisotopic (exact) mass is 316 g/mol. The van der Waals surface area contributed by atoms with Gasteiger partial charge >= 0.3 is 0 Å². The van der Waals surface area contributed by atoms with Gasteiger partial charge in [-0.05, 0) is 36.5 Å². The van der Waals surface area contributed by atoms with Crippen LogP contribution in [0, 0.1) is 11.8 Å². The molecule has 20 heavy (non-hydrogen) atoms. The number of nitrogens with one attached hydrogen (secondary N) is 1. The van der Waals surface area contributed by atoms with Crippen LogP contribution in [0.1, 0.15) is 32.6 Å². The average Bonchev–Trinajstić information content (AvgIpc) is 2.41. The lowest BCUT2D eigenvalue weighted by molar-refractivity contribution is 0.257. The summed E-state index contributed by atoms with van der Waals surface area (Å²) in [6.45, 7) is 2.68. The number of rotatable bonds is 4. The molecule has 112 valence electrons. The summed E-state index contributed by atoms with van der Waals surface area (Å²) in [5.41, 5.74) is 5.93. The van der Waals surface area contributed by atoms with Crippen LogP contribution in [-0.2, 0) is 10.0 Å². The molecule has 0 saturated heterocycles. The van der Waals surface area contributed by atoms with E-state index in [0.29, 0.717) is 23.4 Å². The molecule has 0 heterocycles. The molecule has 1 aliphatic rings. The Morgan fingerprint density at radius 2 is 2.05 bits per heavy atom. The highest BCUT2D eigenvalue weighted by Gasteiger charge is 2.23. The standard InChI is InChI=1S/C14H21ClN2O2S/c1-10-4-2-3-5-11(10)9-17-20(18,19)12-6-7-13(15)14(16)8-12/h6-8,10-11,17H,2-5,9,16H2,1H3. The molecule has 1 saturated carbocycles. The SMILES string of the molecule is CC1CCCCC1CNS(=O)(=O)c1ccc(Cl)c(N)c1. The molecule has 1 aliphatic carbocycles. The molecule has 0 radical (unpaired) electrons. The van der Waals surface area contributed by atoms with Crippen molar-refractivity contribution in [3.8, 4) is 0 Å². The molecule has 0 aromatic heterocycles. The van der Waals surface area contributed by atoms with Gasteiger partial charge in [-0.1, -0.05) is 37.8 Å². The van der Waals surface area contributed by atoms with Crippen molar-refractivity contribution in [1.29, 1.82) is 0 Å². The van der Waals surface area contributed by atoms with Gasteiger partial charge in [-0.3, -0.25) is 0 Å². The number of hydrogen-bond donors (Lipinski definition) is 2. The lowest BCUT2D eigenvalue weighted by Crippen LogP contribution is -2.33. The third-order valence-electron chi connectivity index (χ3n) is 4.10. The van der Waals surface area contributed by atoms with E-state index in [9.17, 15) is 8.42 Å². The van der Waals surface area contributed by atoms with E-state index in [1.807, 2.05) is 0 Å². The van der Waals surface area contributed by atoms with Gasteiger partial charge in [0.2, 0.25) is 10.0 Å². The number of hydrogen-bond acceptors (Lipinski definition) is 3. The Labute approximate surface area is 125 Å². The largest absolute Gasteiger partial charge is 0.397 e. The van der Waals surface area contributed by atoms with Crippen LogP contribution in [0.5, 0.6) is 0 Å². The lowest BCUT2D eigenvalue weighted by Gasteiger charge is -2.28. The molecule has 2 unspecified atom stereocenters. The topological polar surface area (TPSA) is 72.2 Å². The van der Waals surface area contributed by atoms with E-state index in [4.69, 9.17) is 17.3 Å². The molecule has 4 nitrogen and oxygen atoms in total. The summed E-state index contributed by atoms with van der Waals surface area (Å²) in [4.78, 5) is 0.169. The molecular formula is C14H21ClN2O2S. The molecule has 2 atom stereocenters. The Hall–Kier alpha value is -0.780. The third-order valence-corrected chi connectivity index (χ3v) is 5.87. The fraction of sp³-hybridized carbons (Fsp3) is 0.571. The maximum absolute atomic E-state index is 12.2. The normalized spacial score (nSPS) is 23.7. The number of nitrogens with two attached hydrogens (primary N) is 1. The van der Waals surface area contributed by atoms with E-state index in [0.717, 1.165) is 6.42 Å². The Bertz CT molecular complexity index is 575. The van der Waals surface area contributed by atoms with Crippen molar-refractivity contribution in [2.75, 3.05) is 12.3 Å². The van der Waals surface area contributed by atoms with Gasteiger partial charge in [0.15, 0.2) is 0 Å². The number of halogens is 1. The first-order valence-electron chi connectivity index (χ1n) is 6.95. The van der Waals surface area contributed by atoms with Crippen molar-refractivity contribution in [1.82, 2.24) is 4.72 Å². The fourth-order valence-electron chi connectivity index (χ4n) is 2.69. The van der Waals surface area contributed by atoms with E-state index in [2.05, 4.69) is 11.6 Å². The Morgan fingerprint density at radius 3 is 2.70 bits per heavy atom. The molecule has 2 rings (SSSR count). The van der Waals surface area contributed by atoms with E-state index in [1.165, 1.54) is 37.5 Å². The number of nitrogen functional groups attached to an aromatic ring is 1. The minimum atomic E-state index is -3.51. The van der Waals surface area contributed by atoms with Crippen LogP contribution in [0.25, 0.3) is 0 Å². The van der Waals surface area contributed by atoms with Crippen molar-refractivity contribution in [3.63, 3.8) is 0 Å². The van der Waals surface area contributed by atoms with Crippen molar-refractivity contribution in [2.24, 2.45) is 11.8 Å². The number of anilines is 1. The summed E-state index contributed by atoms with van der Waals surface area (Å²) in [6, 6.07) is 4.38. The predicted octanol–water partition coefficient (Wildman–Crippen LogP) is 3.03. The Kier molecular flexibility index (Phi) is 4.94. The van der Waals surface area contributed by atoms with Crippen LogP contribution < -0.4 is 10.5 Å². The summed E-state index contributed by atoms with van der Waals surface area (Å²) in [5, 5.41) is 0.366. The van der Waals surface area contributed by atoms with Gasteiger partial charge in [-0.25, -0.2) is 13.1 Å². The van der Waals surface area contributed by atoms with Crippen LogP contribution >= 0.6 is 11.6 Å². The quantitative estimate of drug-likeness (QED) is 0.839. The molecule has 6 heteroatoms. The summed E-state index contributed by atoms with van der Waals surface area (Å²) < 4.78 is 27.2. The Balaban J connectivity index is 2.05. The molecular weight excluding hydrogens is 296 g/mol. The average molecular weight is 317 g/mol. The first kappa shape index (κ1) is 15.6. The number of benzene rings is 1. The van der Waals surface area contributed by atoms with Gasteiger partial charge in [0.1, 0.15) is 0 Å². The fourth-order valence-corrected chi connectivity index (χ4v) is 3.93. The highest BCUT2D eigenvalue weighted by Crippen LogP contribution is 2.29. The third kappa shape index (κ3) is 3.65. The zero-order valence-corrected chi connectivity index (χ0v) is 13.2. The van der Waals surface area contributed by atoms with Crippen LogP contribution in [0.4, 0.5) is 5.69 Å². The van der Waals surface area contributed by atoms with E-state index < -0.39 is 10.0 Å². The second-order valence-electron chi connectivity index (χ2n) is 5.56. The van der Waals surface area contributed by atoms with Gasteiger partial charge < -0.3 is 5.73 Å². The highest BCUT2D eigenvalue weighted by atomic mass is 35.5. The molecule has 3 N–H and O–H groups in total. The minimum absolute atomic E-state index is 0.169. The van der Waals surface area contributed by atoms with Gasteiger partial charge in [0.05, 0.1) is 15.6 Å². The van der Waals surface area contributed by atoms with E-state index in [-0.39, 0.29) is 10.6 Å². The summed E-state index contributed by atoms with van der Waals surface area (Å²) in [6.07, 6.45) is 4.70. The van der Waals surface area contributed by atoms with Crippen molar-refractivity contribution < 1.29 is 8.42 Å². The zero-order chi connectivity index (χ0) is 14.8. The molecule has 0 bridgehead atoms. The minimum Gasteiger partial charge on any atom is -0.397 e. The highest BCUT2D eigenvalue weighted by molar-refractivity contribution is 7.89. The molecule has 1 aromatic rings. The van der Waals surface area contributed by atoms with Crippen LogP contribution in [-0.4, -0.2) is 15.0 Å². The van der Waals surface area contributed by atoms with Crippen molar-refractivity contribution >= 4 is 27.3 Å². The molecule has 0 aliphatic heterocycles. The van der Waals surface area contributed by atoms with Crippen LogP contribution in [0.2, 0.25) is 5.02 Å². The van der Waals surface area contributed by atoms with Crippen LogP contribution in [0.3, 0.4) is 0 Å². The van der Waals surface area contributed by atoms with Crippen molar-refractivity contribution in [3.05, 3.63) is 23.2 Å². The summed E-state index contributed by atoms with van der Waals surface area (Å²) in [5.74, 6) is 0.991. The van der Waals surface area contributed by atoms with Gasteiger partial charge in [0, 0.05) is 6.54 Å². The maximum Gasteiger partial charge on any atom is 0.240 e. The molecule has 0 amide bonds. The first-order valence-corrected chi connectivity index (χ1v) is 8.81. The molecule has 1 fully saturated rings. The number of sulfonamides is 1. The van der Waals surface area contributed by atoms with Crippen molar-refractivity contribution in [2.45, 2.75) is 37.5 Å². The first-order chi connectivity index (χ1) is 9.40. The van der Waals surface area contributed by atoms with E-state index in [1.54, 1.807) is 0 Å². The summed E-state index contributed by atoms with van der Waals surface area (Å²) in [7, 11) is -3.51.